The minimum absolute atomic E-state index is 0.149. The SMILES string of the molecule is C=C/C(=C\C(=C/C)C(F)(F)F)CNC(=O)c1ccnc(-c2cc(N(CC)CC)ccc2NC(=O)c2cccc(CCCCC)c2)c1.CB1OC1(C)OCCCCC(C)CCO.CC.CC. The van der Waals surface area contributed by atoms with E-state index in [1.807, 2.05) is 77.8 Å². The Morgan fingerprint density at radius 3 is 2.23 bits per heavy atom. The Labute approximate surface area is 389 Å². The maximum atomic E-state index is 13.4. The largest absolute Gasteiger partial charge is 0.416 e. The van der Waals surface area contributed by atoms with Crippen LogP contribution in [0.4, 0.5) is 24.5 Å². The number of unbranched alkanes of at least 4 members (excludes halogenated alkanes) is 3. The van der Waals surface area contributed by atoms with Gasteiger partial charge in [-0.25, -0.2) is 0 Å². The van der Waals surface area contributed by atoms with Crippen LogP contribution in [0, 0.1) is 5.92 Å². The van der Waals surface area contributed by atoms with Crippen molar-refractivity contribution in [2.24, 2.45) is 5.92 Å². The van der Waals surface area contributed by atoms with Gasteiger partial charge in [0, 0.05) is 61.4 Å². The Bertz CT molecular complexity index is 1930. The lowest BCUT2D eigenvalue weighted by Crippen LogP contribution is -2.25. The first-order valence-electron chi connectivity index (χ1n) is 23.7. The number of pyridine rings is 1. The van der Waals surface area contributed by atoms with Gasteiger partial charge in [-0.15, -0.1) is 0 Å². The first-order valence-corrected chi connectivity index (χ1v) is 23.7. The van der Waals surface area contributed by atoms with E-state index in [0.717, 1.165) is 81.6 Å². The Balaban J connectivity index is 0.000000929. The summed E-state index contributed by atoms with van der Waals surface area (Å²) in [5.74, 6) is -0.122. The van der Waals surface area contributed by atoms with E-state index in [0.29, 0.717) is 35.0 Å². The summed E-state index contributed by atoms with van der Waals surface area (Å²) in [6.45, 7) is 28.1. The topological polar surface area (TPSA) is 116 Å². The van der Waals surface area contributed by atoms with E-state index in [1.54, 1.807) is 12.1 Å². The molecule has 65 heavy (non-hydrogen) atoms. The predicted octanol–water partition coefficient (Wildman–Crippen LogP) is 13.1. The van der Waals surface area contributed by atoms with Crippen LogP contribution in [0.3, 0.4) is 0 Å². The Hall–Kier alpha value is -4.72. The molecule has 13 heteroatoms. The molecule has 1 aromatic heterocycles. The second kappa shape index (κ2) is 31.2. The highest BCUT2D eigenvalue weighted by Gasteiger charge is 2.54. The van der Waals surface area contributed by atoms with E-state index in [-0.39, 0.29) is 36.2 Å². The molecule has 0 saturated carbocycles. The molecule has 1 saturated heterocycles. The molecule has 9 nitrogen and oxygen atoms in total. The average Bonchev–Trinajstić information content (AvgIpc) is 3.92. The van der Waals surface area contributed by atoms with Gasteiger partial charge in [0.25, 0.3) is 11.8 Å². The third kappa shape index (κ3) is 20.6. The number of halogens is 3. The van der Waals surface area contributed by atoms with Crippen molar-refractivity contribution in [1.82, 2.24) is 10.3 Å². The van der Waals surface area contributed by atoms with Crippen molar-refractivity contribution in [2.45, 2.75) is 139 Å². The predicted molar refractivity (Wildman–Crippen MR) is 266 cm³/mol. The summed E-state index contributed by atoms with van der Waals surface area (Å²) in [6.07, 6.45) is 8.74. The molecule has 3 N–H and O–H groups in total. The molecule has 2 aromatic carbocycles. The fourth-order valence-corrected chi connectivity index (χ4v) is 6.70. The molecule has 2 heterocycles. The number of amides is 2. The second-order valence-corrected chi connectivity index (χ2v) is 15.5. The third-order valence-corrected chi connectivity index (χ3v) is 10.8. The number of aryl methyl sites for hydroxylation is 1. The van der Waals surface area contributed by atoms with Crippen LogP contribution in [0.15, 0.2) is 96.7 Å². The number of carbonyl (C=O) groups excluding carboxylic acids is 2. The zero-order valence-electron chi connectivity index (χ0n) is 41.2. The summed E-state index contributed by atoms with van der Waals surface area (Å²) in [4.78, 5) is 33.2. The lowest BCUT2D eigenvalue weighted by molar-refractivity contribution is -0.0883. The quantitative estimate of drug-likeness (QED) is 0.0375. The lowest BCUT2D eigenvalue weighted by Gasteiger charge is -2.23. The Kier molecular flexibility index (Phi) is 28.0. The fraction of sp³-hybridized carbons (Fsp3) is 0.519. The number of aliphatic hydroxyl groups excluding tert-OH is 1. The van der Waals surface area contributed by atoms with Gasteiger partial charge in [0.15, 0.2) is 5.69 Å². The maximum absolute atomic E-state index is 13.4. The molecule has 0 bridgehead atoms. The fourth-order valence-electron chi connectivity index (χ4n) is 6.70. The van der Waals surface area contributed by atoms with E-state index in [2.05, 4.69) is 54.8 Å². The molecule has 0 radical (unpaired) electrons. The van der Waals surface area contributed by atoms with Crippen LogP contribution in [0.5, 0.6) is 0 Å². The number of carbonyl (C=O) groups is 2. The van der Waals surface area contributed by atoms with Crippen molar-refractivity contribution in [1.29, 1.82) is 0 Å². The summed E-state index contributed by atoms with van der Waals surface area (Å²) in [7, 11) is 0. The maximum Gasteiger partial charge on any atom is 0.416 e. The van der Waals surface area contributed by atoms with E-state index in [4.69, 9.17) is 14.5 Å². The molecule has 2 amide bonds. The number of nitrogens with zero attached hydrogens (tertiary/aromatic N) is 2. The van der Waals surface area contributed by atoms with Gasteiger partial charge in [-0.05, 0) is 119 Å². The first kappa shape index (κ1) is 58.3. The summed E-state index contributed by atoms with van der Waals surface area (Å²) in [5.41, 5.74) is 3.55. The van der Waals surface area contributed by atoms with Crippen LogP contribution in [0.2, 0.25) is 6.82 Å². The molecule has 0 spiro atoms. The average molecular weight is 907 g/mol. The van der Waals surface area contributed by atoms with Gasteiger partial charge in [0.05, 0.1) is 17.0 Å². The highest BCUT2D eigenvalue weighted by Crippen LogP contribution is 2.34. The molecule has 2 atom stereocenters. The Morgan fingerprint density at radius 1 is 0.969 bits per heavy atom. The molecule has 4 rings (SSSR count). The monoisotopic (exact) mass is 907 g/mol. The van der Waals surface area contributed by atoms with Gasteiger partial charge in [-0.2, -0.15) is 13.2 Å². The normalized spacial score (nSPS) is 14.9. The van der Waals surface area contributed by atoms with Crippen LogP contribution in [-0.2, 0) is 15.8 Å². The summed E-state index contributed by atoms with van der Waals surface area (Å²) >= 11 is 0. The zero-order chi connectivity index (χ0) is 49.0. The zero-order valence-corrected chi connectivity index (χ0v) is 41.2. The molecule has 1 fully saturated rings. The van der Waals surface area contributed by atoms with Gasteiger partial charge in [-0.1, -0.05) is 105 Å². The van der Waals surface area contributed by atoms with Crippen LogP contribution in [0.25, 0.3) is 11.3 Å². The number of aliphatic hydroxyl groups is 1. The number of nitrogens with one attached hydrogen (secondary N) is 2. The number of hydrogen-bond donors (Lipinski definition) is 3. The van der Waals surface area contributed by atoms with E-state index in [1.165, 1.54) is 38.1 Å². The van der Waals surface area contributed by atoms with Crippen molar-refractivity contribution in [3.8, 4) is 11.3 Å². The van der Waals surface area contributed by atoms with Crippen LogP contribution >= 0.6 is 0 Å². The first-order chi connectivity index (χ1) is 31.1. The van der Waals surface area contributed by atoms with E-state index in [9.17, 15) is 22.8 Å². The smallest absolute Gasteiger partial charge is 0.408 e. The highest BCUT2D eigenvalue weighted by molar-refractivity contribution is 6.62. The molecule has 1 aliphatic heterocycles. The van der Waals surface area contributed by atoms with Crippen LogP contribution in [-0.4, -0.2) is 73.5 Å². The van der Waals surface area contributed by atoms with Gasteiger partial charge >= 0.3 is 13.1 Å². The lowest BCUT2D eigenvalue weighted by atomic mass is 9.74. The van der Waals surface area contributed by atoms with Crippen LogP contribution < -0.4 is 15.5 Å². The van der Waals surface area contributed by atoms with Crippen molar-refractivity contribution in [3.05, 3.63) is 113 Å². The van der Waals surface area contributed by atoms with Gasteiger partial charge in [-0.3, -0.25) is 14.6 Å². The number of hydrogen-bond acceptors (Lipinski definition) is 7. The summed E-state index contributed by atoms with van der Waals surface area (Å²) in [6, 6.07) is 16.4. The molecule has 0 aliphatic carbocycles. The van der Waals surface area contributed by atoms with E-state index < -0.39 is 17.7 Å². The minimum atomic E-state index is -4.52. The third-order valence-electron chi connectivity index (χ3n) is 10.8. The van der Waals surface area contributed by atoms with Crippen LogP contribution in [0.1, 0.15) is 140 Å². The molecular weight excluding hydrogens is 828 g/mol. The number of ether oxygens (including phenoxy) is 1. The number of allylic oxidation sites excluding steroid dienone is 3. The molecule has 2 unspecified atom stereocenters. The highest BCUT2D eigenvalue weighted by atomic mass is 19.4. The molecule has 3 aromatic rings. The van der Waals surface area contributed by atoms with Gasteiger partial charge < -0.3 is 30.0 Å². The minimum Gasteiger partial charge on any atom is -0.408 e. The molecule has 1 aliphatic rings. The van der Waals surface area contributed by atoms with Crippen molar-refractivity contribution < 1.29 is 37.3 Å². The van der Waals surface area contributed by atoms with Crippen molar-refractivity contribution >= 4 is 30.1 Å². The van der Waals surface area contributed by atoms with Crippen molar-refractivity contribution in [3.63, 3.8) is 0 Å². The molecule has 360 valence electrons. The molecular formula is C52H78BF3N4O5. The summed E-state index contributed by atoms with van der Waals surface area (Å²) in [5, 5.41) is 14.5. The summed E-state index contributed by atoms with van der Waals surface area (Å²) < 4.78 is 50.6. The van der Waals surface area contributed by atoms with Crippen molar-refractivity contribution in [2.75, 3.05) is 43.1 Å². The van der Waals surface area contributed by atoms with Gasteiger partial charge in [0.2, 0.25) is 0 Å². The Morgan fingerprint density at radius 2 is 1.65 bits per heavy atom. The second-order valence-electron chi connectivity index (χ2n) is 15.5. The standard InChI is InChI=1S/C37H43F3N4O2.C11H23BO3.2C2H6/c1-6-11-12-14-27-15-13-16-28(21-27)36(46)43-33-18-17-31(44(9-4)10-5)24-32(33)34-23-29(19-20-41-34)35(45)42-25-26(7-2)22-30(8-3)37(38,39)40;1-10(7-8-13)6-4-5-9-14-11(2)12(3)15-11;2*1-2/h7-8,13,15-24H,2,6,9-12,14,25H2,1,3-5H3,(H,42,45)(H,43,46);10,13H,4-9H2,1-3H3;2*1-2H3/b26-22+,30-8+;;;. The number of aromatic nitrogens is 1. The number of alkyl halides is 3. The van der Waals surface area contributed by atoms with Gasteiger partial charge in [0.1, 0.15) is 0 Å². The number of anilines is 2. The number of rotatable bonds is 23. The van der Waals surface area contributed by atoms with E-state index >= 15 is 0 Å². The number of benzene rings is 2.